The number of amides is 1. The molecule has 5 nitrogen and oxygen atoms in total. The standard InChI is InChI=1S/C12H20N2O3/c1-4-17-9-7-12(16,11(9,2)3)8-14-10(15)5-6-13/h9,16H,4-5,7-8H2,1-3H3,(H,14,15)/t9-,12-/m0/s1. The summed E-state index contributed by atoms with van der Waals surface area (Å²) < 4.78 is 5.52. The summed E-state index contributed by atoms with van der Waals surface area (Å²) in [4.78, 5) is 11.2. The van der Waals surface area contributed by atoms with Crippen molar-refractivity contribution in [2.45, 2.75) is 45.3 Å². The van der Waals surface area contributed by atoms with E-state index in [-0.39, 0.29) is 30.4 Å². The summed E-state index contributed by atoms with van der Waals surface area (Å²) in [7, 11) is 0. The van der Waals surface area contributed by atoms with E-state index in [1.807, 2.05) is 20.8 Å². The molecule has 96 valence electrons. The minimum atomic E-state index is -0.946. The molecular weight excluding hydrogens is 220 g/mol. The Bertz CT molecular complexity index is 335. The highest BCUT2D eigenvalue weighted by Crippen LogP contribution is 2.50. The molecule has 0 aromatic heterocycles. The van der Waals surface area contributed by atoms with Crippen molar-refractivity contribution >= 4 is 5.91 Å². The molecule has 0 bridgehead atoms. The van der Waals surface area contributed by atoms with Gasteiger partial charge in [-0.1, -0.05) is 13.8 Å². The van der Waals surface area contributed by atoms with Crippen LogP contribution in [0.1, 0.15) is 33.6 Å². The fourth-order valence-corrected chi connectivity index (χ4v) is 2.14. The molecule has 0 aromatic carbocycles. The molecule has 17 heavy (non-hydrogen) atoms. The van der Waals surface area contributed by atoms with Crippen molar-refractivity contribution in [3.63, 3.8) is 0 Å². The molecule has 0 aliphatic heterocycles. The molecular formula is C12H20N2O3. The van der Waals surface area contributed by atoms with Gasteiger partial charge >= 0.3 is 0 Å². The van der Waals surface area contributed by atoms with Gasteiger partial charge in [0.05, 0.1) is 17.8 Å². The second-order valence-electron chi connectivity index (χ2n) is 5.01. The second-order valence-corrected chi connectivity index (χ2v) is 5.01. The molecule has 0 aromatic rings. The van der Waals surface area contributed by atoms with E-state index in [9.17, 15) is 9.90 Å². The van der Waals surface area contributed by atoms with Crippen LogP contribution < -0.4 is 5.32 Å². The largest absolute Gasteiger partial charge is 0.387 e. The maximum Gasteiger partial charge on any atom is 0.234 e. The highest BCUT2D eigenvalue weighted by Gasteiger charge is 2.59. The highest BCUT2D eigenvalue weighted by molar-refractivity contribution is 5.78. The van der Waals surface area contributed by atoms with Crippen molar-refractivity contribution in [2.24, 2.45) is 5.41 Å². The number of nitrogens with one attached hydrogen (secondary N) is 1. The fraction of sp³-hybridized carbons (Fsp3) is 0.833. The maximum atomic E-state index is 11.2. The monoisotopic (exact) mass is 240 g/mol. The van der Waals surface area contributed by atoms with Crippen molar-refractivity contribution in [3.05, 3.63) is 0 Å². The van der Waals surface area contributed by atoms with Gasteiger partial charge in [0, 0.05) is 25.0 Å². The molecule has 1 saturated carbocycles. The first kappa shape index (κ1) is 13.9. The van der Waals surface area contributed by atoms with Gasteiger partial charge in [0.25, 0.3) is 0 Å². The summed E-state index contributed by atoms with van der Waals surface area (Å²) in [6.45, 7) is 6.55. The number of carbonyl (C=O) groups excluding carboxylic acids is 1. The lowest BCUT2D eigenvalue weighted by molar-refractivity contribution is -0.238. The Labute approximate surface area is 102 Å². The highest BCUT2D eigenvalue weighted by atomic mass is 16.5. The zero-order valence-electron chi connectivity index (χ0n) is 10.6. The molecule has 1 amide bonds. The molecule has 0 spiro atoms. The van der Waals surface area contributed by atoms with E-state index >= 15 is 0 Å². The van der Waals surface area contributed by atoms with Crippen molar-refractivity contribution in [2.75, 3.05) is 13.2 Å². The van der Waals surface area contributed by atoms with Crippen LogP contribution in [0.5, 0.6) is 0 Å². The van der Waals surface area contributed by atoms with E-state index in [1.165, 1.54) is 0 Å². The van der Waals surface area contributed by atoms with Gasteiger partial charge in [0.15, 0.2) is 0 Å². The van der Waals surface area contributed by atoms with E-state index in [4.69, 9.17) is 10.00 Å². The molecule has 1 aliphatic rings. The van der Waals surface area contributed by atoms with Crippen molar-refractivity contribution in [3.8, 4) is 6.07 Å². The lowest BCUT2D eigenvalue weighted by atomic mass is 9.56. The third kappa shape index (κ3) is 2.59. The molecule has 0 heterocycles. The number of carbonyl (C=O) groups is 1. The number of hydrogen-bond acceptors (Lipinski definition) is 4. The minimum absolute atomic E-state index is 0.0189. The summed E-state index contributed by atoms with van der Waals surface area (Å²) in [5, 5.41) is 21.3. The molecule has 0 saturated heterocycles. The van der Waals surface area contributed by atoms with Gasteiger partial charge in [-0.05, 0) is 6.92 Å². The first-order chi connectivity index (χ1) is 7.87. The Morgan fingerprint density at radius 2 is 2.29 bits per heavy atom. The van der Waals surface area contributed by atoms with Crippen molar-refractivity contribution in [1.82, 2.24) is 5.32 Å². The van der Waals surface area contributed by atoms with Gasteiger partial charge in [0.2, 0.25) is 5.91 Å². The van der Waals surface area contributed by atoms with Crippen LogP contribution in [0.25, 0.3) is 0 Å². The number of hydrogen-bond donors (Lipinski definition) is 2. The van der Waals surface area contributed by atoms with Crippen LogP contribution in [0, 0.1) is 16.7 Å². The number of nitriles is 1. The smallest absolute Gasteiger partial charge is 0.234 e. The van der Waals surface area contributed by atoms with Gasteiger partial charge in [-0.25, -0.2) is 0 Å². The van der Waals surface area contributed by atoms with E-state index in [2.05, 4.69) is 5.32 Å². The summed E-state index contributed by atoms with van der Waals surface area (Å²) in [5.74, 6) is -0.350. The summed E-state index contributed by atoms with van der Waals surface area (Å²) >= 11 is 0. The molecule has 0 unspecified atom stereocenters. The lowest BCUT2D eigenvalue weighted by Gasteiger charge is -2.57. The van der Waals surface area contributed by atoms with Crippen LogP contribution in [0.15, 0.2) is 0 Å². The Balaban J connectivity index is 2.49. The van der Waals surface area contributed by atoms with Crippen LogP contribution >= 0.6 is 0 Å². The zero-order chi connectivity index (χ0) is 13.1. The maximum absolute atomic E-state index is 11.2. The Morgan fingerprint density at radius 1 is 1.65 bits per heavy atom. The predicted molar refractivity (Wildman–Crippen MR) is 62.0 cm³/mol. The number of rotatable bonds is 5. The van der Waals surface area contributed by atoms with E-state index in [0.717, 1.165) is 0 Å². The third-order valence-electron chi connectivity index (χ3n) is 3.71. The quantitative estimate of drug-likeness (QED) is 0.736. The predicted octanol–water partition coefficient (Wildman–Crippen LogP) is 0.582. The molecule has 1 rings (SSSR count). The van der Waals surface area contributed by atoms with Gasteiger partial charge in [-0.2, -0.15) is 5.26 Å². The number of ether oxygens (including phenoxy) is 1. The van der Waals surface area contributed by atoms with E-state index in [1.54, 1.807) is 6.07 Å². The average molecular weight is 240 g/mol. The Morgan fingerprint density at radius 3 is 2.76 bits per heavy atom. The fourth-order valence-electron chi connectivity index (χ4n) is 2.14. The van der Waals surface area contributed by atoms with Gasteiger partial charge < -0.3 is 15.2 Å². The Kier molecular flexibility index (Phi) is 4.12. The number of aliphatic hydroxyl groups is 1. The zero-order valence-corrected chi connectivity index (χ0v) is 10.6. The van der Waals surface area contributed by atoms with E-state index in [0.29, 0.717) is 13.0 Å². The Hall–Kier alpha value is -1.12. The summed E-state index contributed by atoms with van der Waals surface area (Å²) in [6.07, 6.45) is 0.358. The molecule has 0 radical (unpaired) electrons. The average Bonchev–Trinajstić information content (AvgIpc) is 2.26. The van der Waals surface area contributed by atoms with Gasteiger partial charge in [-0.3, -0.25) is 4.79 Å². The van der Waals surface area contributed by atoms with Crippen LogP contribution in [-0.4, -0.2) is 35.9 Å². The van der Waals surface area contributed by atoms with Crippen molar-refractivity contribution < 1.29 is 14.6 Å². The summed E-state index contributed by atoms with van der Waals surface area (Å²) in [5.41, 5.74) is -1.33. The first-order valence-corrected chi connectivity index (χ1v) is 5.85. The topological polar surface area (TPSA) is 82.3 Å². The van der Waals surface area contributed by atoms with Crippen LogP contribution in [0.2, 0.25) is 0 Å². The minimum Gasteiger partial charge on any atom is -0.387 e. The first-order valence-electron chi connectivity index (χ1n) is 5.85. The summed E-state index contributed by atoms with van der Waals surface area (Å²) in [6, 6.07) is 1.77. The molecule has 5 heteroatoms. The second kappa shape index (κ2) is 5.03. The molecule has 2 N–H and O–H groups in total. The van der Waals surface area contributed by atoms with Gasteiger partial charge in [-0.15, -0.1) is 0 Å². The third-order valence-corrected chi connectivity index (χ3v) is 3.71. The number of nitrogens with zero attached hydrogens (tertiary/aromatic N) is 1. The van der Waals surface area contributed by atoms with Crippen molar-refractivity contribution in [1.29, 1.82) is 5.26 Å². The van der Waals surface area contributed by atoms with Crippen LogP contribution in [-0.2, 0) is 9.53 Å². The van der Waals surface area contributed by atoms with Crippen LogP contribution in [0.4, 0.5) is 0 Å². The van der Waals surface area contributed by atoms with Gasteiger partial charge in [0.1, 0.15) is 6.42 Å². The van der Waals surface area contributed by atoms with E-state index < -0.39 is 5.60 Å². The molecule has 1 fully saturated rings. The van der Waals surface area contributed by atoms with Crippen LogP contribution in [0.3, 0.4) is 0 Å². The SMILES string of the molecule is CCO[C@H]1C[C@](O)(CNC(=O)CC#N)C1(C)C. The normalized spacial score (nSPS) is 30.2. The lowest BCUT2D eigenvalue weighted by Crippen LogP contribution is -2.68. The molecule has 2 atom stereocenters. The molecule has 1 aliphatic carbocycles.